The maximum absolute atomic E-state index is 12.9. The van der Waals surface area contributed by atoms with Crippen LogP contribution in [0.4, 0.5) is 10.1 Å². The van der Waals surface area contributed by atoms with E-state index in [1.807, 2.05) is 0 Å². The van der Waals surface area contributed by atoms with Gasteiger partial charge in [0, 0.05) is 0 Å². The summed E-state index contributed by atoms with van der Waals surface area (Å²) in [5, 5.41) is 10.8. The molecule has 0 saturated carbocycles. The van der Waals surface area contributed by atoms with Gasteiger partial charge in [-0.05, 0) is 12.1 Å². The first kappa shape index (κ1) is 9.67. The Bertz CT molecular complexity index is 301. The molecular weight excluding hydrogens is 173 g/mol. The Morgan fingerprint density at radius 2 is 2.15 bits per heavy atom. The van der Waals surface area contributed by atoms with Crippen LogP contribution in [0.1, 0.15) is 6.42 Å². The quantitative estimate of drug-likeness (QED) is 0.738. The van der Waals surface area contributed by atoms with E-state index < -0.39 is 11.7 Å². The summed E-state index contributed by atoms with van der Waals surface area (Å²) in [6.07, 6.45) is -0.0195. The van der Waals surface area contributed by atoms with E-state index in [9.17, 15) is 9.18 Å². The zero-order valence-electron chi connectivity index (χ0n) is 6.96. The van der Waals surface area contributed by atoms with E-state index in [0.717, 1.165) is 0 Å². The van der Waals surface area contributed by atoms with E-state index >= 15 is 0 Å². The van der Waals surface area contributed by atoms with Crippen molar-refractivity contribution >= 4 is 11.6 Å². The van der Waals surface area contributed by atoms with Crippen molar-refractivity contribution in [2.45, 2.75) is 6.42 Å². The maximum atomic E-state index is 12.9. The number of amides is 1. The molecule has 1 aromatic rings. The third-order valence-electron chi connectivity index (χ3n) is 1.49. The summed E-state index contributed by atoms with van der Waals surface area (Å²) >= 11 is 0. The average molecular weight is 183 g/mol. The van der Waals surface area contributed by atoms with Crippen molar-refractivity contribution in [1.29, 1.82) is 0 Å². The number of benzene rings is 1. The number of hydrogen-bond acceptors (Lipinski definition) is 2. The summed E-state index contributed by atoms with van der Waals surface area (Å²) in [7, 11) is 0. The van der Waals surface area contributed by atoms with Crippen LogP contribution < -0.4 is 5.32 Å². The van der Waals surface area contributed by atoms with Gasteiger partial charge in [0.1, 0.15) is 5.82 Å². The molecule has 0 spiro atoms. The summed E-state index contributed by atoms with van der Waals surface area (Å²) in [5.41, 5.74) is 0.140. The normalized spacial score (nSPS) is 9.69. The molecule has 0 aliphatic rings. The second-order valence-electron chi connectivity index (χ2n) is 2.50. The van der Waals surface area contributed by atoms with Crippen LogP contribution in [0, 0.1) is 5.82 Å². The highest BCUT2D eigenvalue weighted by molar-refractivity contribution is 5.90. The van der Waals surface area contributed by atoms with E-state index in [0.29, 0.717) is 0 Å². The molecular formula is C9H10FNO2. The molecule has 0 heterocycles. The number of nitrogens with one attached hydrogen (secondary N) is 1. The number of carbonyl (C=O) groups is 1. The van der Waals surface area contributed by atoms with Crippen LogP contribution in [0.5, 0.6) is 0 Å². The van der Waals surface area contributed by atoms with Gasteiger partial charge in [-0.25, -0.2) is 4.39 Å². The lowest BCUT2D eigenvalue weighted by Gasteiger charge is -2.03. The number of rotatable bonds is 3. The Morgan fingerprint density at radius 3 is 2.77 bits per heavy atom. The van der Waals surface area contributed by atoms with Crippen LogP contribution in [0.3, 0.4) is 0 Å². The fourth-order valence-corrected chi connectivity index (χ4v) is 0.877. The van der Waals surface area contributed by atoms with Gasteiger partial charge in [0.15, 0.2) is 0 Å². The third-order valence-corrected chi connectivity index (χ3v) is 1.49. The monoisotopic (exact) mass is 183 g/mol. The van der Waals surface area contributed by atoms with Crippen LogP contribution >= 0.6 is 0 Å². The Hall–Kier alpha value is -1.42. The van der Waals surface area contributed by atoms with Gasteiger partial charge in [-0.15, -0.1) is 0 Å². The standard InChI is InChI=1S/C9H10FNO2/c10-7-3-1-2-4-8(7)11-9(13)5-6-12/h1-4,12H,5-6H2,(H,11,13). The van der Waals surface area contributed by atoms with Crippen LogP contribution in [0.25, 0.3) is 0 Å². The molecule has 0 fully saturated rings. The molecule has 0 aliphatic heterocycles. The van der Waals surface area contributed by atoms with E-state index in [2.05, 4.69) is 5.32 Å². The molecule has 13 heavy (non-hydrogen) atoms. The zero-order chi connectivity index (χ0) is 9.68. The number of aliphatic hydroxyl groups is 1. The van der Waals surface area contributed by atoms with Crippen LogP contribution in [-0.2, 0) is 4.79 Å². The van der Waals surface area contributed by atoms with E-state index in [1.54, 1.807) is 6.07 Å². The second kappa shape index (κ2) is 4.57. The Labute approximate surface area is 75.2 Å². The number of carbonyl (C=O) groups excluding carboxylic acids is 1. The molecule has 4 heteroatoms. The number of halogens is 1. The molecule has 0 unspecified atom stereocenters. The molecule has 0 aromatic heterocycles. The van der Waals surface area contributed by atoms with E-state index in [4.69, 9.17) is 5.11 Å². The lowest BCUT2D eigenvalue weighted by molar-refractivity contribution is -0.116. The first-order chi connectivity index (χ1) is 6.24. The van der Waals surface area contributed by atoms with Crippen molar-refractivity contribution in [2.24, 2.45) is 0 Å². The molecule has 0 saturated heterocycles. The molecule has 1 rings (SSSR count). The summed E-state index contributed by atoms with van der Waals surface area (Å²) in [5.74, 6) is -0.874. The van der Waals surface area contributed by atoms with Crippen molar-refractivity contribution < 1.29 is 14.3 Å². The van der Waals surface area contributed by atoms with Gasteiger partial charge in [-0.3, -0.25) is 4.79 Å². The fourth-order valence-electron chi connectivity index (χ4n) is 0.877. The first-order valence-corrected chi connectivity index (χ1v) is 3.89. The number of hydrogen-bond donors (Lipinski definition) is 2. The molecule has 1 aromatic carbocycles. The number of para-hydroxylation sites is 1. The Balaban J connectivity index is 2.63. The molecule has 70 valence electrons. The SMILES string of the molecule is O=C(CCO)Nc1ccccc1F. The molecule has 2 N–H and O–H groups in total. The smallest absolute Gasteiger partial charge is 0.226 e. The van der Waals surface area contributed by atoms with Gasteiger partial charge < -0.3 is 10.4 Å². The van der Waals surface area contributed by atoms with E-state index in [-0.39, 0.29) is 18.7 Å². The zero-order valence-corrected chi connectivity index (χ0v) is 6.96. The van der Waals surface area contributed by atoms with Crippen molar-refractivity contribution in [3.05, 3.63) is 30.1 Å². The summed E-state index contributed by atoms with van der Waals surface area (Å²) in [4.78, 5) is 10.9. The minimum atomic E-state index is -0.478. The lowest BCUT2D eigenvalue weighted by Crippen LogP contribution is -2.13. The minimum absolute atomic E-state index is 0.0195. The number of anilines is 1. The third kappa shape index (κ3) is 2.83. The predicted octanol–water partition coefficient (Wildman–Crippen LogP) is 1.15. The Morgan fingerprint density at radius 1 is 1.46 bits per heavy atom. The molecule has 0 radical (unpaired) electrons. The topological polar surface area (TPSA) is 49.3 Å². The molecule has 3 nitrogen and oxygen atoms in total. The van der Waals surface area contributed by atoms with Crippen molar-refractivity contribution in [3.8, 4) is 0 Å². The Kier molecular flexibility index (Phi) is 3.40. The van der Waals surface area contributed by atoms with Crippen LogP contribution in [0.2, 0.25) is 0 Å². The van der Waals surface area contributed by atoms with Gasteiger partial charge in [0.2, 0.25) is 5.91 Å². The van der Waals surface area contributed by atoms with Gasteiger partial charge in [-0.1, -0.05) is 12.1 Å². The van der Waals surface area contributed by atoms with Crippen LogP contribution in [-0.4, -0.2) is 17.6 Å². The molecule has 0 bridgehead atoms. The lowest BCUT2D eigenvalue weighted by atomic mass is 10.3. The van der Waals surface area contributed by atoms with Gasteiger partial charge in [-0.2, -0.15) is 0 Å². The second-order valence-corrected chi connectivity index (χ2v) is 2.50. The predicted molar refractivity (Wildman–Crippen MR) is 46.7 cm³/mol. The van der Waals surface area contributed by atoms with Crippen molar-refractivity contribution in [3.63, 3.8) is 0 Å². The summed E-state index contributed by atoms with van der Waals surface area (Å²) in [6.45, 7) is -0.236. The van der Waals surface area contributed by atoms with E-state index in [1.165, 1.54) is 18.2 Å². The minimum Gasteiger partial charge on any atom is -0.396 e. The highest BCUT2D eigenvalue weighted by atomic mass is 19.1. The summed E-state index contributed by atoms with van der Waals surface area (Å²) in [6, 6.07) is 5.88. The maximum Gasteiger partial charge on any atom is 0.226 e. The van der Waals surface area contributed by atoms with Crippen molar-refractivity contribution in [2.75, 3.05) is 11.9 Å². The van der Waals surface area contributed by atoms with Gasteiger partial charge >= 0.3 is 0 Å². The number of aliphatic hydroxyl groups excluding tert-OH is 1. The highest BCUT2D eigenvalue weighted by Crippen LogP contribution is 2.12. The largest absolute Gasteiger partial charge is 0.396 e. The molecule has 0 aliphatic carbocycles. The average Bonchev–Trinajstić information content (AvgIpc) is 2.09. The van der Waals surface area contributed by atoms with Crippen molar-refractivity contribution in [1.82, 2.24) is 0 Å². The van der Waals surface area contributed by atoms with Gasteiger partial charge in [0.05, 0.1) is 18.7 Å². The highest BCUT2D eigenvalue weighted by Gasteiger charge is 2.04. The summed E-state index contributed by atoms with van der Waals surface area (Å²) < 4.78 is 12.9. The van der Waals surface area contributed by atoms with Gasteiger partial charge in [0.25, 0.3) is 0 Å². The fraction of sp³-hybridized carbons (Fsp3) is 0.222. The van der Waals surface area contributed by atoms with Crippen LogP contribution in [0.15, 0.2) is 24.3 Å². The molecule has 0 atom stereocenters. The first-order valence-electron chi connectivity index (χ1n) is 3.89. The molecule has 1 amide bonds.